The van der Waals surface area contributed by atoms with Crippen LogP contribution in [-0.4, -0.2) is 30.0 Å². The van der Waals surface area contributed by atoms with Crippen LogP contribution in [0, 0.1) is 0 Å². The van der Waals surface area contributed by atoms with Crippen molar-refractivity contribution in [2.45, 2.75) is 45.4 Å². The summed E-state index contributed by atoms with van der Waals surface area (Å²) >= 11 is 0. The van der Waals surface area contributed by atoms with Crippen molar-refractivity contribution in [1.29, 1.82) is 0 Å². The van der Waals surface area contributed by atoms with Crippen molar-refractivity contribution in [3.63, 3.8) is 0 Å². The number of ketones is 1. The third-order valence-electron chi connectivity index (χ3n) is 7.00. The maximum Gasteiger partial charge on any atom is 0.249 e. The maximum absolute atomic E-state index is 12.7. The lowest BCUT2D eigenvalue weighted by molar-refractivity contribution is -0.113. The Hall–Kier alpha value is -3.60. The summed E-state index contributed by atoms with van der Waals surface area (Å²) in [6.45, 7) is 13.1. The van der Waals surface area contributed by atoms with Crippen LogP contribution in [0.1, 0.15) is 27.7 Å². The molecule has 0 bridgehead atoms. The van der Waals surface area contributed by atoms with E-state index in [1.807, 2.05) is 42.5 Å². The highest BCUT2D eigenvalue weighted by Crippen LogP contribution is 2.60. The molecular weight excluding hydrogens is 491 g/mol. The second kappa shape index (κ2) is 10.6. The Labute approximate surface area is 226 Å². The standard InChI is InChI=1S/C31H35N4O2P/c1-22-28(33-25-15-9-6-10-16-25)29(30(22)36)32-21-31(4,5)37-38-34(26-17-11-7-12-18-26)23(2)24(3)35(38)27-19-13-8-14-20-27/h6-20,23-24,32-33H,1,21H2,2-5H3/t23-,24-/m1/s1. The van der Waals surface area contributed by atoms with Gasteiger partial charge in [0.05, 0.1) is 23.4 Å². The van der Waals surface area contributed by atoms with Crippen molar-refractivity contribution >= 4 is 31.3 Å². The SMILES string of the molecule is C=C1C(=O)C(NCC(C)(C)OP2N(c3ccccc3)[C@H](C)[C@@H](C)N2c2ccccc2)=C1Nc1ccccc1. The smallest absolute Gasteiger partial charge is 0.249 e. The molecule has 6 nitrogen and oxygen atoms in total. The predicted molar refractivity (Wildman–Crippen MR) is 158 cm³/mol. The summed E-state index contributed by atoms with van der Waals surface area (Å²) in [7, 11) is -1.19. The van der Waals surface area contributed by atoms with E-state index in [0.29, 0.717) is 17.8 Å². The van der Waals surface area contributed by atoms with Crippen molar-refractivity contribution in [3.05, 3.63) is 115 Å². The first kappa shape index (κ1) is 26.0. The van der Waals surface area contributed by atoms with Crippen LogP contribution in [0.4, 0.5) is 17.1 Å². The molecular formula is C31H35N4O2P. The number of benzene rings is 3. The Bertz CT molecular complexity index is 1280. The third-order valence-corrected chi connectivity index (χ3v) is 9.58. The van der Waals surface area contributed by atoms with E-state index in [1.54, 1.807) is 0 Å². The van der Waals surface area contributed by atoms with E-state index in [9.17, 15) is 4.79 Å². The summed E-state index contributed by atoms with van der Waals surface area (Å²) in [5.41, 5.74) is 4.41. The van der Waals surface area contributed by atoms with Crippen LogP contribution in [0.25, 0.3) is 0 Å². The molecule has 2 atom stereocenters. The van der Waals surface area contributed by atoms with E-state index in [1.165, 1.54) is 0 Å². The van der Waals surface area contributed by atoms with E-state index in [-0.39, 0.29) is 17.9 Å². The molecule has 2 N–H and O–H groups in total. The summed E-state index contributed by atoms with van der Waals surface area (Å²) in [5, 5.41) is 6.70. The van der Waals surface area contributed by atoms with E-state index >= 15 is 0 Å². The number of nitrogens with one attached hydrogen (secondary N) is 2. The minimum absolute atomic E-state index is 0.0649. The molecule has 3 aromatic rings. The number of carbonyl (C=O) groups is 1. The number of rotatable bonds is 9. The molecule has 196 valence electrons. The first-order valence-electron chi connectivity index (χ1n) is 13.0. The highest BCUT2D eigenvalue weighted by atomic mass is 31.2. The monoisotopic (exact) mass is 526 g/mol. The van der Waals surface area contributed by atoms with E-state index in [4.69, 9.17) is 4.52 Å². The van der Waals surface area contributed by atoms with Gasteiger partial charge in [-0.3, -0.25) is 4.79 Å². The molecule has 2 aliphatic rings. The highest BCUT2D eigenvalue weighted by molar-refractivity contribution is 7.56. The van der Waals surface area contributed by atoms with E-state index < -0.39 is 14.1 Å². The molecule has 1 saturated heterocycles. The number of nitrogens with zero attached hydrogens (tertiary/aromatic N) is 2. The summed E-state index contributed by atoms with van der Waals surface area (Å²) in [5.74, 6) is -0.0649. The predicted octanol–water partition coefficient (Wildman–Crippen LogP) is 6.86. The molecule has 0 radical (unpaired) electrons. The summed E-state index contributed by atoms with van der Waals surface area (Å²) in [6.07, 6.45) is 0. The van der Waals surface area contributed by atoms with Gasteiger partial charge in [0.1, 0.15) is 5.70 Å². The van der Waals surface area contributed by atoms with Gasteiger partial charge in [0, 0.05) is 29.2 Å². The molecule has 0 unspecified atom stereocenters. The molecule has 0 aromatic heterocycles. The zero-order chi connectivity index (χ0) is 26.9. The van der Waals surface area contributed by atoms with Crippen LogP contribution in [0.5, 0.6) is 0 Å². The Morgan fingerprint density at radius 1 is 0.816 bits per heavy atom. The first-order valence-corrected chi connectivity index (χ1v) is 14.2. The second-order valence-corrected chi connectivity index (χ2v) is 11.9. The zero-order valence-electron chi connectivity index (χ0n) is 22.4. The molecule has 0 spiro atoms. The maximum atomic E-state index is 12.7. The number of Topliss-reactive ketones (excluding diaryl/α,β-unsaturated/α-hetero) is 1. The molecule has 5 rings (SSSR count). The molecule has 7 heteroatoms. The first-order chi connectivity index (χ1) is 18.3. The number of hydrogen-bond acceptors (Lipinski definition) is 6. The van der Waals surface area contributed by atoms with Gasteiger partial charge in [-0.2, -0.15) is 0 Å². The minimum atomic E-state index is -1.19. The largest absolute Gasteiger partial charge is 0.377 e. The minimum Gasteiger partial charge on any atom is -0.377 e. The molecule has 3 aromatic carbocycles. The van der Waals surface area contributed by atoms with Gasteiger partial charge in [-0.1, -0.05) is 61.2 Å². The van der Waals surface area contributed by atoms with Crippen molar-refractivity contribution in [2.24, 2.45) is 0 Å². The van der Waals surface area contributed by atoms with Gasteiger partial charge in [-0.15, -0.1) is 0 Å². The molecule has 1 aliphatic heterocycles. The van der Waals surface area contributed by atoms with Gasteiger partial charge in [0.15, 0.2) is 0 Å². The van der Waals surface area contributed by atoms with Crippen LogP contribution in [0.3, 0.4) is 0 Å². The fourth-order valence-electron chi connectivity index (χ4n) is 4.73. The topological polar surface area (TPSA) is 56.8 Å². The number of para-hydroxylation sites is 3. The Kier molecular flexibility index (Phi) is 7.29. The third kappa shape index (κ3) is 5.07. The van der Waals surface area contributed by atoms with Crippen LogP contribution < -0.4 is 20.0 Å². The van der Waals surface area contributed by atoms with Crippen molar-refractivity contribution in [3.8, 4) is 0 Å². The number of carbonyl (C=O) groups excluding carboxylic acids is 1. The van der Waals surface area contributed by atoms with Gasteiger partial charge in [0.25, 0.3) is 0 Å². The lowest BCUT2D eigenvalue weighted by Gasteiger charge is -2.38. The van der Waals surface area contributed by atoms with Crippen LogP contribution in [-0.2, 0) is 9.32 Å². The van der Waals surface area contributed by atoms with Gasteiger partial charge in [0.2, 0.25) is 14.2 Å². The molecule has 38 heavy (non-hydrogen) atoms. The van der Waals surface area contributed by atoms with Crippen molar-refractivity contribution in [2.75, 3.05) is 21.2 Å². The second-order valence-electron chi connectivity index (χ2n) is 10.3. The molecule has 0 saturated carbocycles. The summed E-state index contributed by atoms with van der Waals surface area (Å²) in [6, 6.07) is 31.2. The Morgan fingerprint density at radius 3 is 1.79 bits per heavy atom. The van der Waals surface area contributed by atoms with Crippen molar-refractivity contribution < 1.29 is 9.32 Å². The van der Waals surface area contributed by atoms with E-state index in [0.717, 1.165) is 22.8 Å². The van der Waals surface area contributed by atoms with Gasteiger partial charge >= 0.3 is 0 Å². The molecule has 1 aliphatic carbocycles. The van der Waals surface area contributed by atoms with Crippen LogP contribution in [0.2, 0.25) is 0 Å². The number of anilines is 3. The average molecular weight is 527 g/mol. The Morgan fingerprint density at radius 2 is 1.29 bits per heavy atom. The fourth-order valence-corrected chi connectivity index (χ4v) is 7.30. The Balaban J connectivity index is 1.39. The highest BCUT2D eigenvalue weighted by Gasteiger charge is 2.47. The lowest BCUT2D eigenvalue weighted by atomic mass is 9.92. The summed E-state index contributed by atoms with van der Waals surface area (Å²) in [4.78, 5) is 12.7. The van der Waals surface area contributed by atoms with Crippen molar-refractivity contribution in [1.82, 2.24) is 5.32 Å². The van der Waals surface area contributed by atoms with Crippen LogP contribution in [0.15, 0.2) is 115 Å². The molecule has 1 fully saturated rings. The van der Waals surface area contributed by atoms with Gasteiger partial charge in [-0.05, 0) is 64.1 Å². The molecule has 1 heterocycles. The number of hydrogen-bond donors (Lipinski definition) is 2. The van der Waals surface area contributed by atoms with Gasteiger partial charge < -0.3 is 24.5 Å². The molecule has 0 amide bonds. The van der Waals surface area contributed by atoms with Crippen LogP contribution >= 0.6 is 8.45 Å². The summed E-state index contributed by atoms with van der Waals surface area (Å²) < 4.78 is 11.8. The zero-order valence-corrected chi connectivity index (χ0v) is 23.3. The van der Waals surface area contributed by atoms with Gasteiger partial charge in [-0.25, -0.2) is 0 Å². The lowest BCUT2D eigenvalue weighted by Crippen LogP contribution is -2.43. The quantitative estimate of drug-likeness (QED) is 0.235. The average Bonchev–Trinajstić information content (AvgIpc) is 3.17. The normalized spacial score (nSPS) is 20.1. The van der Waals surface area contributed by atoms with E-state index in [2.05, 4.69) is 103 Å². The fraction of sp³-hybridized carbons (Fsp3) is 0.258. The number of allylic oxidation sites excluding steroid dienone is 2.